The summed E-state index contributed by atoms with van der Waals surface area (Å²) in [5, 5.41) is 9.05. The summed E-state index contributed by atoms with van der Waals surface area (Å²) in [6.07, 6.45) is 1.46. The van der Waals surface area contributed by atoms with E-state index in [1.807, 2.05) is 0 Å². The second kappa shape index (κ2) is 5.40. The van der Waals surface area contributed by atoms with Crippen LogP contribution >= 0.6 is 0 Å². The summed E-state index contributed by atoms with van der Waals surface area (Å²) >= 11 is 0. The molecule has 6 nitrogen and oxygen atoms in total. The molecule has 0 spiro atoms. The number of carbonyl (C=O) groups excluding carboxylic acids is 1. The standard InChI is InChI=1S/C14H12N2O4/c1-8-9(14(18)19)4-2-6-11(8)20-13-10(12(15)17)5-3-7-16-13/h2-7H,1H3,(H2,15,17)(H,18,19). The highest BCUT2D eigenvalue weighted by Crippen LogP contribution is 2.27. The van der Waals surface area contributed by atoms with Crippen LogP contribution in [0.4, 0.5) is 0 Å². The Kier molecular flexibility index (Phi) is 3.65. The van der Waals surface area contributed by atoms with E-state index in [1.54, 1.807) is 25.1 Å². The third-order valence-corrected chi connectivity index (χ3v) is 2.76. The molecule has 0 atom stereocenters. The Hall–Kier alpha value is -2.89. The molecule has 1 aromatic carbocycles. The number of ether oxygens (including phenoxy) is 1. The largest absolute Gasteiger partial charge is 0.478 e. The Balaban J connectivity index is 2.43. The van der Waals surface area contributed by atoms with Crippen molar-refractivity contribution in [2.75, 3.05) is 0 Å². The lowest BCUT2D eigenvalue weighted by Gasteiger charge is -2.11. The van der Waals surface area contributed by atoms with E-state index in [2.05, 4.69) is 4.98 Å². The van der Waals surface area contributed by atoms with E-state index < -0.39 is 11.9 Å². The molecule has 2 aromatic rings. The lowest BCUT2D eigenvalue weighted by atomic mass is 10.1. The minimum absolute atomic E-state index is 0.0469. The molecule has 0 saturated carbocycles. The number of pyridine rings is 1. The molecule has 1 amide bonds. The molecule has 0 aliphatic carbocycles. The van der Waals surface area contributed by atoms with Gasteiger partial charge in [0, 0.05) is 11.8 Å². The van der Waals surface area contributed by atoms with E-state index in [4.69, 9.17) is 15.6 Å². The molecule has 0 aliphatic rings. The summed E-state index contributed by atoms with van der Waals surface area (Å²) in [4.78, 5) is 26.3. The summed E-state index contributed by atoms with van der Waals surface area (Å²) in [6.45, 7) is 1.62. The smallest absolute Gasteiger partial charge is 0.336 e. The van der Waals surface area contributed by atoms with Gasteiger partial charge in [-0.15, -0.1) is 0 Å². The molecule has 6 heteroatoms. The van der Waals surface area contributed by atoms with E-state index in [9.17, 15) is 9.59 Å². The average molecular weight is 272 g/mol. The molecule has 3 N–H and O–H groups in total. The number of hydrogen-bond donors (Lipinski definition) is 2. The monoisotopic (exact) mass is 272 g/mol. The lowest BCUT2D eigenvalue weighted by Crippen LogP contribution is -2.13. The van der Waals surface area contributed by atoms with Gasteiger partial charge in [0.25, 0.3) is 5.91 Å². The van der Waals surface area contributed by atoms with Crippen molar-refractivity contribution >= 4 is 11.9 Å². The maximum Gasteiger partial charge on any atom is 0.336 e. The molecule has 0 unspecified atom stereocenters. The van der Waals surface area contributed by atoms with Gasteiger partial charge in [0.1, 0.15) is 11.3 Å². The van der Waals surface area contributed by atoms with Gasteiger partial charge in [0.05, 0.1) is 5.56 Å². The van der Waals surface area contributed by atoms with Crippen molar-refractivity contribution in [3.8, 4) is 11.6 Å². The molecule has 0 aliphatic heterocycles. The number of amides is 1. The molecular formula is C14H12N2O4. The maximum atomic E-state index is 11.3. The molecule has 0 radical (unpaired) electrons. The highest BCUT2D eigenvalue weighted by Gasteiger charge is 2.15. The molecule has 102 valence electrons. The van der Waals surface area contributed by atoms with Crippen molar-refractivity contribution in [2.24, 2.45) is 5.73 Å². The number of carboxylic acid groups (broad SMARTS) is 1. The zero-order valence-electron chi connectivity index (χ0n) is 10.7. The van der Waals surface area contributed by atoms with Crippen LogP contribution in [0.2, 0.25) is 0 Å². The summed E-state index contributed by atoms with van der Waals surface area (Å²) < 4.78 is 5.52. The number of carbonyl (C=O) groups is 2. The van der Waals surface area contributed by atoms with Gasteiger partial charge in [-0.1, -0.05) is 6.07 Å². The van der Waals surface area contributed by atoms with Crippen molar-refractivity contribution in [3.05, 3.63) is 53.2 Å². The molecule has 2 rings (SSSR count). The predicted molar refractivity (Wildman–Crippen MR) is 71.0 cm³/mol. The Labute approximate surface area is 114 Å². The van der Waals surface area contributed by atoms with E-state index >= 15 is 0 Å². The lowest BCUT2D eigenvalue weighted by molar-refractivity contribution is 0.0695. The number of aromatic nitrogens is 1. The third-order valence-electron chi connectivity index (χ3n) is 2.76. The van der Waals surface area contributed by atoms with Gasteiger partial charge >= 0.3 is 5.97 Å². The summed E-state index contributed by atoms with van der Waals surface area (Å²) in [5.74, 6) is -1.36. The first-order valence-electron chi connectivity index (χ1n) is 5.76. The Morgan fingerprint density at radius 3 is 2.55 bits per heavy atom. The Bertz CT molecular complexity index is 683. The highest BCUT2D eigenvalue weighted by molar-refractivity contribution is 5.95. The fourth-order valence-electron chi connectivity index (χ4n) is 1.72. The normalized spacial score (nSPS) is 10.1. The fraction of sp³-hybridized carbons (Fsp3) is 0.0714. The van der Waals surface area contributed by atoms with Crippen molar-refractivity contribution in [1.82, 2.24) is 4.98 Å². The zero-order chi connectivity index (χ0) is 14.7. The molecule has 0 fully saturated rings. The van der Waals surface area contributed by atoms with E-state index in [-0.39, 0.29) is 17.0 Å². The van der Waals surface area contributed by atoms with Crippen LogP contribution in [-0.4, -0.2) is 22.0 Å². The van der Waals surface area contributed by atoms with E-state index in [0.29, 0.717) is 11.3 Å². The van der Waals surface area contributed by atoms with Gasteiger partial charge < -0.3 is 15.6 Å². The third kappa shape index (κ3) is 2.59. The molecular weight excluding hydrogens is 260 g/mol. The second-order valence-electron chi connectivity index (χ2n) is 4.06. The molecule has 0 bridgehead atoms. The van der Waals surface area contributed by atoms with Crippen LogP contribution in [0.3, 0.4) is 0 Å². The number of rotatable bonds is 4. The van der Waals surface area contributed by atoms with Gasteiger partial charge in [-0.3, -0.25) is 4.79 Å². The van der Waals surface area contributed by atoms with Gasteiger partial charge in [-0.2, -0.15) is 0 Å². The SMILES string of the molecule is Cc1c(Oc2ncccc2C(N)=O)cccc1C(=O)O. The van der Waals surface area contributed by atoms with Crippen molar-refractivity contribution < 1.29 is 19.4 Å². The van der Waals surface area contributed by atoms with Crippen LogP contribution in [0.15, 0.2) is 36.5 Å². The molecule has 0 saturated heterocycles. The Morgan fingerprint density at radius 2 is 1.90 bits per heavy atom. The summed E-state index contributed by atoms with van der Waals surface area (Å²) in [7, 11) is 0. The zero-order valence-corrected chi connectivity index (χ0v) is 10.7. The maximum absolute atomic E-state index is 11.3. The van der Waals surface area contributed by atoms with Crippen LogP contribution < -0.4 is 10.5 Å². The Morgan fingerprint density at radius 1 is 1.20 bits per heavy atom. The number of hydrogen-bond acceptors (Lipinski definition) is 4. The number of nitrogens with two attached hydrogens (primary N) is 1. The van der Waals surface area contributed by atoms with Crippen LogP contribution in [-0.2, 0) is 0 Å². The minimum atomic E-state index is -1.05. The quantitative estimate of drug-likeness (QED) is 0.885. The van der Waals surface area contributed by atoms with Crippen molar-refractivity contribution in [2.45, 2.75) is 6.92 Å². The van der Waals surface area contributed by atoms with Gasteiger partial charge in [0.2, 0.25) is 5.88 Å². The highest BCUT2D eigenvalue weighted by atomic mass is 16.5. The van der Waals surface area contributed by atoms with Crippen molar-refractivity contribution in [1.29, 1.82) is 0 Å². The fourth-order valence-corrected chi connectivity index (χ4v) is 1.72. The average Bonchev–Trinajstić information content (AvgIpc) is 2.41. The first-order valence-corrected chi connectivity index (χ1v) is 5.76. The van der Waals surface area contributed by atoms with Crippen molar-refractivity contribution in [3.63, 3.8) is 0 Å². The van der Waals surface area contributed by atoms with E-state index in [0.717, 1.165) is 0 Å². The number of nitrogens with zero attached hydrogens (tertiary/aromatic N) is 1. The van der Waals surface area contributed by atoms with Gasteiger partial charge in [-0.05, 0) is 31.2 Å². The van der Waals surface area contributed by atoms with Crippen LogP contribution in [0.5, 0.6) is 11.6 Å². The molecule has 1 heterocycles. The minimum Gasteiger partial charge on any atom is -0.478 e. The van der Waals surface area contributed by atoms with Gasteiger partial charge in [0.15, 0.2) is 0 Å². The second-order valence-corrected chi connectivity index (χ2v) is 4.06. The topological polar surface area (TPSA) is 103 Å². The van der Waals surface area contributed by atoms with Gasteiger partial charge in [-0.25, -0.2) is 9.78 Å². The van der Waals surface area contributed by atoms with Crippen LogP contribution in [0.1, 0.15) is 26.3 Å². The van der Waals surface area contributed by atoms with Crippen LogP contribution in [0, 0.1) is 6.92 Å². The number of carboxylic acids is 1. The summed E-state index contributed by atoms with van der Waals surface area (Å²) in [6, 6.07) is 7.67. The summed E-state index contributed by atoms with van der Waals surface area (Å²) in [5.41, 5.74) is 5.93. The first kappa shape index (κ1) is 13.5. The molecule has 1 aromatic heterocycles. The number of primary amides is 1. The molecule has 20 heavy (non-hydrogen) atoms. The van der Waals surface area contributed by atoms with E-state index in [1.165, 1.54) is 18.3 Å². The predicted octanol–water partition coefficient (Wildman–Crippen LogP) is 1.98. The first-order chi connectivity index (χ1) is 9.50. The number of benzene rings is 1. The van der Waals surface area contributed by atoms with Crippen LogP contribution in [0.25, 0.3) is 0 Å². The number of aromatic carboxylic acids is 1.